The van der Waals surface area contributed by atoms with Crippen molar-refractivity contribution in [3.8, 4) is 0 Å². The van der Waals surface area contributed by atoms with Crippen LogP contribution in [0.15, 0.2) is 11.0 Å². The summed E-state index contributed by atoms with van der Waals surface area (Å²) < 4.78 is 8.97. The average Bonchev–Trinajstić information content (AvgIpc) is 2.99. The molecule has 7 nitrogen and oxygen atoms in total. The van der Waals surface area contributed by atoms with Crippen molar-refractivity contribution in [2.24, 2.45) is 7.05 Å². The number of amides is 1. The van der Waals surface area contributed by atoms with Gasteiger partial charge in [0.05, 0.1) is 23.1 Å². The molecule has 27 heavy (non-hydrogen) atoms. The van der Waals surface area contributed by atoms with Crippen LogP contribution in [-0.4, -0.2) is 38.8 Å². The fourth-order valence-corrected chi connectivity index (χ4v) is 3.84. The number of aryl methyl sites for hydroxylation is 3. The molecule has 1 aliphatic rings. The molecule has 0 bridgehead atoms. The van der Waals surface area contributed by atoms with Gasteiger partial charge in [-0.1, -0.05) is 13.3 Å². The summed E-state index contributed by atoms with van der Waals surface area (Å²) in [5.41, 5.74) is 1.93. The van der Waals surface area contributed by atoms with Crippen LogP contribution in [0.3, 0.4) is 0 Å². The first-order chi connectivity index (χ1) is 12.9. The topological polar surface area (TPSA) is 77.6 Å². The SMILES string of the molecule is CCCCO[C@H]1CC[C@H](NC(=O)c2c(C)nn3c(C)cn(C)c(=O)c23)CC1. The molecule has 1 N–H and O–H groups in total. The summed E-state index contributed by atoms with van der Waals surface area (Å²) in [5, 5.41) is 7.52. The third-order valence-electron chi connectivity index (χ3n) is 5.39. The lowest BCUT2D eigenvalue weighted by molar-refractivity contribution is 0.0209. The molecular weight excluding hydrogens is 344 g/mol. The summed E-state index contributed by atoms with van der Waals surface area (Å²) in [5.74, 6) is -0.208. The molecule has 2 heterocycles. The van der Waals surface area contributed by atoms with Crippen LogP contribution in [0.4, 0.5) is 0 Å². The maximum Gasteiger partial charge on any atom is 0.277 e. The summed E-state index contributed by atoms with van der Waals surface area (Å²) in [7, 11) is 1.69. The first-order valence-corrected chi connectivity index (χ1v) is 9.90. The second-order valence-corrected chi connectivity index (χ2v) is 7.58. The first kappa shape index (κ1) is 19.6. The summed E-state index contributed by atoms with van der Waals surface area (Å²) in [6.45, 7) is 6.63. The number of nitrogens with zero attached hydrogens (tertiary/aromatic N) is 3. The highest BCUT2D eigenvalue weighted by Gasteiger charge is 2.26. The first-order valence-electron chi connectivity index (χ1n) is 9.90. The van der Waals surface area contributed by atoms with E-state index >= 15 is 0 Å². The maximum atomic E-state index is 12.9. The van der Waals surface area contributed by atoms with Gasteiger partial charge in [-0.15, -0.1) is 0 Å². The van der Waals surface area contributed by atoms with Crippen LogP contribution >= 0.6 is 0 Å². The molecule has 0 atom stereocenters. The minimum atomic E-state index is -0.209. The van der Waals surface area contributed by atoms with E-state index in [0.717, 1.165) is 50.8 Å². The van der Waals surface area contributed by atoms with E-state index in [4.69, 9.17) is 4.74 Å². The van der Waals surface area contributed by atoms with Crippen molar-refractivity contribution in [3.05, 3.63) is 33.5 Å². The predicted molar refractivity (Wildman–Crippen MR) is 104 cm³/mol. The highest BCUT2D eigenvalue weighted by atomic mass is 16.5. The molecule has 1 saturated carbocycles. The molecule has 0 saturated heterocycles. The van der Waals surface area contributed by atoms with Gasteiger partial charge in [0, 0.05) is 25.9 Å². The number of aromatic nitrogens is 3. The molecule has 0 unspecified atom stereocenters. The number of fused-ring (bicyclic) bond motifs is 1. The monoisotopic (exact) mass is 374 g/mol. The lowest BCUT2D eigenvalue weighted by atomic mass is 9.92. The van der Waals surface area contributed by atoms with Crippen LogP contribution < -0.4 is 10.9 Å². The second-order valence-electron chi connectivity index (χ2n) is 7.58. The summed E-state index contributed by atoms with van der Waals surface area (Å²) in [6, 6.07) is 0.117. The van der Waals surface area contributed by atoms with Gasteiger partial charge in [0.1, 0.15) is 5.52 Å². The van der Waals surface area contributed by atoms with E-state index in [0.29, 0.717) is 22.9 Å². The Morgan fingerprint density at radius 1 is 1.30 bits per heavy atom. The third kappa shape index (κ3) is 4.08. The van der Waals surface area contributed by atoms with Crippen LogP contribution in [0.25, 0.3) is 5.52 Å². The Hall–Kier alpha value is -2.15. The van der Waals surface area contributed by atoms with Crippen LogP contribution in [0.1, 0.15) is 67.2 Å². The number of unbranched alkanes of at least 4 members (excludes halogenated alkanes) is 1. The van der Waals surface area contributed by atoms with Crippen molar-refractivity contribution < 1.29 is 9.53 Å². The number of rotatable bonds is 6. The van der Waals surface area contributed by atoms with Crippen LogP contribution in [0, 0.1) is 13.8 Å². The highest BCUT2D eigenvalue weighted by Crippen LogP contribution is 2.22. The molecule has 0 aromatic carbocycles. The van der Waals surface area contributed by atoms with Gasteiger partial charge in [0.2, 0.25) is 0 Å². The number of hydrogen-bond acceptors (Lipinski definition) is 4. The quantitative estimate of drug-likeness (QED) is 0.788. The summed E-state index contributed by atoms with van der Waals surface area (Å²) in [4.78, 5) is 25.5. The molecular formula is C20H30N4O3. The second kappa shape index (κ2) is 8.25. The Labute approximate surface area is 159 Å². The van der Waals surface area contributed by atoms with Crippen LogP contribution in [0.5, 0.6) is 0 Å². The lowest BCUT2D eigenvalue weighted by Gasteiger charge is -2.29. The third-order valence-corrected chi connectivity index (χ3v) is 5.39. The molecule has 3 rings (SSSR count). The summed E-state index contributed by atoms with van der Waals surface area (Å²) >= 11 is 0. The molecule has 2 aromatic rings. The van der Waals surface area contributed by atoms with E-state index in [2.05, 4.69) is 17.3 Å². The number of nitrogens with one attached hydrogen (secondary N) is 1. The molecule has 7 heteroatoms. The van der Waals surface area contributed by atoms with E-state index in [9.17, 15) is 9.59 Å². The predicted octanol–water partition coefficient (Wildman–Crippen LogP) is 2.51. The van der Waals surface area contributed by atoms with Gasteiger partial charge in [0.25, 0.3) is 11.5 Å². The molecule has 0 aliphatic heterocycles. The molecule has 0 radical (unpaired) electrons. The smallest absolute Gasteiger partial charge is 0.277 e. The Balaban J connectivity index is 1.71. The van der Waals surface area contributed by atoms with Gasteiger partial charge in [-0.2, -0.15) is 5.10 Å². The minimum Gasteiger partial charge on any atom is -0.378 e. The zero-order valence-corrected chi connectivity index (χ0v) is 16.7. The number of carbonyl (C=O) groups is 1. The molecule has 1 amide bonds. The molecule has 1 fully saturated rings. The van der Waals surface area contributed by atoms with Gasteiger partial charge in [-0.05, 0) is 46.0 Å². The van der Waals surface area contributed by atoms with Crippen LogP contribution in [0.2, 0.25) is 0 Å². The van der Waals surface area contributed by atoms with E-state index < -0.39 is 0 Å². The standard InChI is InChI=1S/C20H30N4O3/c1-5-6-11-27-16-9-7-15(8-10-16)21-19(25)17-14(3)22-24-13(2)12-23(4)20(26)18(17)24/h12,15-16H,5-11H2,1-4H3,(H,21,25)/t15-,16-. The highest BCUT2D eigenvalue weighted by molar-refractivity contribution is 6.02. The fourth-order valence-electron chi connectivity index (χ4n) is 3.84. The largest absolute Gasteiger partial charge is 0.378 e. The van der Waals surface area contributed by atoms with Crippen molar-refractivity contribution in [3.63, 3.8) is 0 Å². The Morgan fingerprint density at radius 3 is 2.67 bits per heavy atom. The van der Waals surface area contributed by atoms with Crippen molar-refractivity contribution in [2.45, 2.75) is 71.4 Å². The lowest BCUT2D eigenvalue weighted by Crippen LogP contribution is -2.39. The minimum absolute atomic E-state index is 0.117. The summed E-state index contributed by atoms with van der Waals surface area (Å²) in [6.07, 6.45) is 7.99. The number of carbonyl (C=O) groups excluding carboxylic acids is 1. The van der Waals surface area contributed by atoms with E-state index in [1.54, 1.807) is 24.7 Å². The average molecular weight is 374 g/mol. The van der Waals surface area contributed by atoms with Crippen molar-refractivity contribution in [2.75, 3.05) is 6.61 Å². The fraction of sp³-hybridized carbons (Fsp3) is 0.650. The van der Waals surface area contributed by atoms with E-state index in [-0.39, 0.29) is 17.5 Å². The zero-order chi connectivity index (χ0) is 19.6. The van der Waals surface area contributed by atoms with Crippen LogP contribution in [-0.2, 0) is 11.8 Å². The Morgan fingerprint density at radius 2 is 2.00 bits per heavy atom. The molecule has 148 valence electrons. The number of ether oxygens (including phenoxy) is 1. The zero-order valence-electron chi connectivity index (χ0n) is 16.7. The van der Waals surface area contributed by atoms with Crippen molar-refractivity contribution in [1.29, 1.82) is 0 Å². The van der Waals surface area contributed by atoms with Gasteiger partial charge in [-0.3, -0.25) is 9.59 Å². The van der Waals surface area contributed by atoms with Gasteiger partial charge in [0.15, 0.2) is 0 Å². The Bertz CT molecular complexity index is 875. The van der Waals surface area contributed by atoms with Crippen molar-refractivity contribution >= 4 is 11.4 Å². The molecule has 1 aliphatic carbocycles. The maximum absolute atomic E-state index is 12.9. The normalized spacial score (nSPS) is 20.1. The Kier molecular flexibility index (Phi) is 5.99. The van der Waals surface area contributed by atoms with E-state index in [1.165, 1.54) is 4.57 Å². The van der Waals surface area contributed by atoms with Crippen molar-refractivity contribution in [1.82, 2.24) is 19.5 Å². The van der Waals surface area contributed by atoms with Gasteiger partial charge >= 0.3 is 0 Å². The number of hydrogen-bond donors (Lipinski definition) is 1. The molecule has 0 spiro atoms. The van der Waals surface area contributed by atoms with E-state index in [1.807, 2.05) is 6.92 Å². The van der Waals surface area contributed by atoms with Gasteiger partial charge < -0.3 is 14.6 Å². The molecule has 2 aromatic heterocycles. The van der Waals surface area contributed by atoms with Gasteiger partial charge in [-0.25, -0.2) is 4.52 Å².